The Balaban J connectivity index is 2.98. The van der Waals surface area contributed by atoms with Gasteiger partial charge >= 0.3 is 0 Å². The normalized spacial score (nSPS) is 8.64. The molecule has 1 aromatic rings. The molecule has 2 heteroatoms. The lowest BCUT2D eigenvalue weighted by atomic mass is 10.1. The molecule has 0 atom stereocenters. The molecule has 0 saturated carbocycles. The van der Waals surface area contributed by atoms with E-state index in [1.165, 1.54) is 0 Å². The molecule has 70 valence electrons. The van der Waals surface area contributed by atoms with Crippen LogP contribution in [0.1, 0.15) is 16.7 Å². The van der Waals surface area contributed by atoms with E-state index in [9.17, 15) is 0 Å². The van der Waals surface area contributed by atoms with E-state index in [0.29, 0.717) is 12.1 Å². The minimum atomic E-state index is 0.657. The Bertz CT molecular complexity index is 416. The topological polar surface area (TPSA) is 35.8 Å². The highest BCUT2D eigenvalue weighted by Crippen LogP contribution is 2.08. The fourth-order valence-corrected chi connectivity index (χ4v) is 1.05. The molecule has 14 heavy (non-hydrogen) atoms. The minimum Gasteiger partial charge on any atom is -0.309 e. The molecule has 0 heterocycles. The minimum absolute atomic E-state index is 0.657. The molecule has 2 nitrogen and oxygen atoms in total. The molecule has 0 aliphatic heterocycles. The molecule has 1 rings (SSSR count). The summed E-state index contributed by atoms with van der Waals surface area (Å²) in [4.78, 5) is 0. The summed E-state index contributed by atoms with van der Waals surface area (Å²) in [6.07, 6.45) is 0. The molecule has 0 radical (unpaired) electrons. The van der Waals surface area contributed by atoms with Crippen molar-refractivity contribution in [2.75, 3.05) is 13.6 Å². The predicted molar refractivity (Wildman–Crippen MR) is 56.7 cm³/mol. The van der Waals surface area contributed by atoms with E-state index in [4.69, 9.17) is 5.26 Å². The summed E-state index contributed by atoms with van der Waals surface area (Å²) < 4.78 is 0. The lowest BCUT2D eigenvalue weighted by molar-refractivity contribution is 0.938. The third kappa shape index (κ3) is 2.62. The molecule has 0 fully saturated rings. The molecule has 0 aromatic heterocycles. The van der Waals surface area contributed by atoms with Gasteiger partial charge in [0.1, 0.15) is 0 Å². The van der Waals surface area contributed by atoms with Gasteiger partial charge in [-0.25, -0.2) is 0 Å². The fraction of sp³-hybridized carbons (Fsp3) is 0.250. The van der Waals surface area contributed by atoms with E-state index in [-0.39, 0.29) is 0 Å². The molecule has 0 aliphatic carbocycles. The Morgan fingerprint density at radius 2 is 2.21 bits per heavy atom. The van der Waals surface area contributed by atoms with E-state index < -0.39 is 0 Å². The first-order valence-electron chi connectivity index (χ1n) is 4.42. The maximum absolute atomic E-state index is 8.71. The number of hydrogen-bond donors (Lipinski definition) is 1. The third-order valence-corrected chi connectivity index (χ3v) is 1.85. The van der Waals surface area contributed by atoms with Crippen LogP contribution in [0.25, 0.3) is 0 Å². The van der Waals surface area contributed by atoms with Crippen molar-refractivity contribution < 1.29 is 0 Å². The van der Waals surface area contributed by atoms with Crippen molar-refractivity contribution in [2.24, 2.45) is 0 Å². The summed E-state index contributed by atoms with van der Waals surface area (Å²) in [7, 11) is 1.85. The van der Waals surface area contributed by atoms with E-state index >= 15 is 0 Å². The number of benzene rings is 1. The van der Waals surface area contributed by atoms with Gasteiger partial charge in [-0.15, -0.1) is 0 Å². The molecule has 0 spiro atoms. The molecule has 1 N–H and O–H groups in total. The Hall–Kier alpha value is -1.77. The van der Waals surface area contributed by atoms with Gasteiger partial charge in [-0.2, -0.15) is 5.26 Å². The van der Waals surface area contributed by atoms with E-state index in [1.54, 1.807) is 6.07 Å². The highest BCUT2D eigenvalue weighted by Gasteiger charge is 1.95. The number of aryl methyl sites for hydroxylation is 1. The van der Waals surface area contributed by atoms with Crippen LogP contribution in [0.2, 0.25) is 0 Å². The van der Waals surface area contributed by atoms with Crippen molar-refractivity contribution in [3.05, 3.63) is 34.9 Å². The standard InChI is InChI=1S/C12H12N2/c1-10-5-6-11(9-13)8-12(10)4-3-7-14-2/h5-6,8,14H,7H2,1-2H3. The highest BCUT2D eigenvalue weighted by molar-refractivity contribution is 5.46. The van der Waals surface area contributed by atoms with Crippen molar-refractivity contribution in [1.82, 2.24) is 5.32 Å². The summed E-state index contributed by atoms with van der Waals surface area (Å²) in [6, 6.07) is 7.64. The average Bonchev–Trinajstić information content (AvgIpc) is 2.21. The summed E-state index contributed by atoms with van der Waals surface area (Å²) in [6.45, 7) is 2.65. The van der Waals surface area contributed by atoms with Crippen LogP contribution in [0.3, 0.4) is 0 Å². The molecule has 0 bridgehead atoms. The first-order chi connectivity index (χ1) is 6.77. The zero-order valence-electron chi connectivity index (χ0n) is 8.39. The Morgan fingerprint density at radius 1 is 1.43 bits per heavy atom. The first kappa shape index (κ1) is 10.3. The second-order valence-corrected chi connectivity index (χ2v) is 2.97. The summed E-state index contributed by atoms with van der Waals surface area (Å²) in [5.41, 5.74) is 2.69. The fourth-order valence-electron chi connectivity index (χ4n) is 1.05. The van der Waals surface area contributed by atoms with Gasteiger partial charge in [0.2, 0.25) is 0 Å². The van der Waals surface area contributed by atoms with Crippen molar-refractivity contribution >= 4 is 0 Å². The van der Waals surface area contributed by atoms with Crippen LogP contribution >= 0.6 is 0 Å². The van der Waals surface area contributed by atoms with Crippen LogP contribution in [0.4, 0.5) is 0 Å². The summed E-state index contributed by atoms with van der Waals surface area (Å²) in [5, 5.41) is 11.7. The molecule has 0 aliphatic rings. The predicted octanol–water partition coefficient (Wildman–Crippen LogP) is 1.44. The Labute approximate surface area is 84.6 Å². The van der Waals surface area contributed by atoms with Gasteiger partial charge in [0.15, 0.2) is 0 Å². The SMILES string of the molecule is CNCC#Cc1cc(C#N)ccc1C. The van der Waals surface area contributed by atoms with Crippen LogP contribution in [0.5, 0.6) is 0 Å². The van der Waals surface area contributed by atoms with Crippen molar-refractivity contribution in [3.63, 3.8) is 0 Å². The van der Waals surface area contributed by atoms with Crippen LogP contribution in [-0.2, 0) is 0 Å². The van der Waals surface area contributed by atoms with Gasteiger partial charge in [-0.3, -0.25) is 0 Å². The van der Waals surface area contributed by atoms with Crippen LogP contribution in [-0.4, -0.2) is 13.6 Å². The molecular weight excluding hydrogens is 172 g/mol. The second-order valence-electron chi connectivity index (χ2n) is 2.97. The van der Waals surface area contributed by atoms with Crippen molar-refractivity contribution in [3.8, 4) is 17.9 Å². The van der Waals surface area contributed by atoms with Crippen molar-refractivity contribution in [2.45, 2.75) is 6.92 Å². The van der Waals surface area contributed by atoms with E-state index in [0.717, 1.165) is 11.1 Å². The average molecular weight is 184 g/mol. The van der Waals surface area contributed by atoms with E-state index in [1.807, 2.05) is 26.1 Å². The zero-order chi connectivity index (χ0) is 10.4. The molecule has 0 unspecified atom stereocenters. The Morgan fingerprint density at radius 3 is 2.86 bits per heavy atom. The van der Waals surface area contributed by atoms with Gasteiger partial charge < -0.3 is 5.32 Å². The maximum Gasteiger partial charge on any atom is 0.0992 e. The number of hydrogen-bond acceptors (Lipinski definition) is 2. The molecular formula is C12H12N2. The highest BCUT2D eigenvalue weighted by atomic mass is 14.8. The third-order valence-electron chi connectivity index (χ3n) is 1.85. The second kappa shape index (κ2) is 5.07. The van der Waals surface area contributed by atoms with Gasteiger partial charge in [0, 0.05) is 5.56 Å². The van der Waals surface area contributed by atoms with Crippen LogP contribution < -0.4 is 5.32 Å². The lowest BCUT2D eigenvalue weighted by Gasteiger charge is -1.97. The lowest BCUT2D eigenvalue weighted by Crippen LogP contribution is -2.04. The maximum atomic E-state index is 8.71. The quantitative estimate of drug-likeness (QED) is 0.670. The molecule has 0 saturated heterocycles. The van der Waals surface area contributed by atoms with Crippen LogP contribution in [0, 0.1) is 30.1 Å². The van der Waals surface area contributed by atoms with Gasteiger partial charge in [0.25, 0.3) is 0 Å². The molecule has 1 aromatic carbocycles. The Kier molecular flexibility index (Phi) is 3.73. The van der Waals surface area contributed by atoms with Crippen molar-refractivity contribution in [1.29, 1.82) is 5.26 Å². The largest absolute Gasteiger partial charge is 0.309 e. The number of nitrogens with zero attached hydrogens (tertiary/aromatic N) is 1. The summed E-state index contributed by atoms with van der Waals surface area (Å²) in [5.74, 6) is 6.00. The van der Waals surface area contributed by atoms with Gasteiger partial charge in [-0.1, -0.05) is 17.9 Å². The smallest absolute Gasteiger partial charge is 0.0992 e. The van der Waals surface area contributed by atoms with Gasteiger partial charge in [0.05, 0.1) is 18.2 Å². The molecule has 0 amide bonds. The summed E-state index contributed by atoms with van der Waals surface area (Å²) >= 11 is 0. The monoisotopic (exact) mass is 184 g/mol. The van der Waals surface area contributed by atoms with Crippen LogP contribution in [0.15, 0.2) is 18.2 Å². The first-order valence-corrected chi connectivity index (χ1v) is 4.42. The van der Waals surface area contributed by atoms with E-state index in [2.05, 4.69) is 23.2 Å². The number of nitrogens with one attached hydrogen (secondary N) is 1. The number of nitriles is 1. The zero-order valence-corrected chi connectivity index (χ0v) is 8.39. The number of rotatable bonds is 1. The van der Waals surface area contributed by atoms with Gasteiger partial charge in [-0.05, 0) is 31.7 Å².